The Kier molecular flexibility index (Phi) is 8.12. The van der Waals surface area contributed by atoms with Gasteiger partial charge in [0.15, 0.2) is 0 Å². The van der Waals surface area contributed by atoms with Crippen molar-refractivity contribution in [1.29, 1.82) is 0 Å². The number of hydroxylamine groups is 2. The van der Waals surface area contributed by atoms with Crippen molar-refractivity contribution in [3.63, 3.8) is 0 Å². The van der Waals surface area contributed by atoms with Gasteiger partial charge in [0.05, 0.1) is 6.42 Å². The molecule has 1 heterocycles. The van der Waals surface area contributed by atoms with Crippen LogP contribution in [-0.4, -0.2) is 61.0 Å². The minimum absolute atomic E-state index is 0.0105. The van der Waals surface area contributed by atoms with E-state index in [-0.39, 0.29) is 45.5 Å². The van der Waals surface area contributed by atoms with Gasteiger partial charge in [-0.1, -0.05) is 0 Å². The van der Waals surface area contributed by atoms with E-state index in [9.17, 15) is 24.0 Å². The first-order valence-electron chi connectivity index (χ1n) is 7.32. The number of rotatable bonds is 10. The smallest absolute Gasteiger partial charge is 0.404 e. The van der Waals surface area contributed by atoms with E-state index in [1.165, 1.54) is 0 Å². The average Bonchev–Trinajstić information content (AvgIpc) is 2.84. The Bertz CT molecular complexity index is 503. The van der Waals surface area contributed by atoms with E-state index in [1.54, 1.807) is 0 Å². The van der Waals surface area contributed by atoms with Crippen LogP contribution in [0.3, 0.4) is 0 Å². The number of carbonyl (C=O) groups is 5. The summed E-state index contributed by atoms with van der Waals surface area (Å²) in [7, 11) is 0. The molecule has 0 bridgehead atoms. The molecule has 0 saturated carbocycles. The van der Waals surface area contributed by atoms with Gasteiger partial charge in [0, 0.05) is 19.4 Å². The third kappa shape index (κ3) is 7.97. The molecule has 25 heavy (non-hydrogen) atoms. The van der Waals surface area contributed by atoms with E-state index in [0.717, 1.165) is 0 Å². The summed E-state index contributed by atoms with van der Waals surface area (Å²) >= 11 is 0. The molecular formula is C13H19N3O9. The molecule has 1 fully saturated rings. The zero-order valence-corrected chi connectivity index (χ0v) is 13.3. The Labute approximate surface area is 142 Å². The Morgan fingerprint density at radius 1 is 1.00 bits per heavy atom. The summed E-state index contributed by atoms with van der Waals surface area (Å²) in [4.78, 5) is 60.0. The number of hydrogen-bond acceptors (Lipinski definition) is 9. The Morgan fingerprint density at radius 3 is 2.00 bits per heavy atom. The molecule has 12 nitrogen and oxygen atoms in total. The third-order valence-corrected chi connectivity index (χ3v) is 2.90. The van der Waals surface area contributed by atoms with Crippen molar-refractivity contribution in [1.82, 2.24) is 5.06 Å². The van der Waals surface area contributed by atoms with Gasteiger partial charge >= 0.3 is 18.2 Å². The number of amides is 4. The van der Waals surface area contributed by atoms with Crippen LogP contribution in [-0.2, 0) is 33.4 Å². The van der Waals surface area contributed by atoms with Crippen molar-refractivity contribution in [2.45, 2.75) is 31.8 Å². The molecule has 12 heteroatoms. The summed E-state index contributed by atoms with van der Waals surface area (Å²) in [6, 6.07) is 0. The molecule has 0 radical (unpaired) electrons. The molecule has 140 valence electrons. The highest BCUT2D eigenvalue weighted by atomic mass is 16.7. The lowest BCUT2D eigenvalue weighted by Gasteiger charge is -2.17. The van der Waals surface area contributed by atoms with Crippen LogP contribution in [0.4, 0.5) is 9.59 Å². The maximum Gasteiger partial charge on any atom is 0.404 e. The number of primary amides is 2. The van der Waals surface area contributed by atoms with Crippen molar-refractivity contribution >= 4 is 30.0 Å². The van der Waals surface area contributed by atoms with Crippen LogP contribution in [0.5, 0.6) is 0 Å². The van der Waals surface area contributed by atoms with Gasteiger partial charge in [0.2, 0.25) is 0 Å². The summed E-state index contributed by atoms with van der Waals surface area (Å²) in [5.41, 5.74) is 9.64. The Balaban J connectivity index is 2.28. The van der Waals surface area contributed by atoms with E-state index in [1.807, 2.05) is 0 Å². The normalized spacial score (nSPS) is 13.9. The van der Waals surface area contributed by atoms with Gasteiger partial charge in [-0.05, 0) is 6.42 Å². The van der Waals surface area contributed by atoms with Crippen LogP contribution in [0.1, 0.15) is 25.7 Å². The maximum absolute atomic E-state index is 11.6. The SMILES string of the molecule is NC(=O)OCC(COC(N)=O)OCCCC(=O)ON1C(=O)CCC1=O. The fourth-order valence-corrected chi connectivity index (χ4v) is 1.77. The minimum Gasteiger partial charge on any atom is -0.447 e. The first-order valence-corrected chi connectivity index (χ1v) is 7.32. The van der Waals surface area contributed by atoms with Crippen LogP contribution < -0.4 is 11.5 Å². The molecule has 0 aromatic rings. The van der Waals surface area contributed by atoms with E-state index in [4.69, 9.17) is 16.2 Å². The van der Waals surface area contributed by atoms with Crippen molar-refractivity contribution in [2.75, 3.05) is 19.8 Å². The molecule has 1 rings (SSSR count). The molecular weight excluding hydrogens is 342 g/mol. The van der Waals surface area contributed by atoms with Crippen LogP contribution >= 0.6 is 0 Å². The predicted octanol–water partition coefficient (Wildman–Crippen LogP) is -1.05. The predicted molar refractivity (Wildman–Crippen MR) is 77.2 cm³/mol. The monoisotopic (exact) mass is 361 g/mol. The second-order valence-electron chi connectivity index (χ2n) is 4.90. The zero-order valence-electron chi connectivity index (χ0n) is 13.3. The lowest BCUT2D eigenvalue weighted by Crippen LogP contribution is -2.32. The molecule has 0 aliphatic carbocycles. The summed E-state index contributed by atoms with van der Waals surface area (Å²) < 4.78 is 14.4. The number of imide groups is 1. The molecule has 0 aromatic heterocycles. The van der Waals surface area contributed by atoms with E-state index in [2.05, 4.69) is 14.3 Å². The quantitative estimate of drug-likeness (QED) is 0.363. The number of nitrogens with two attached hydrogens (primary N) is 2. The molecule has 0 spiro atoms. The first kappa shape index (κ1) is 20.2. The molecule has 0 unspecified atom stereocenters. The summed E-state index contributed by atoms with van der Waals surface area (Å²) in [6.45, 7) is -0.528. The largest absolute Gasteiger partial charge is 0.447 e. The van der Waals surface area contributed by atoms with Crippen LogP contribution in [0.2, 0.25) is 0 Å². The molecule has 4 N–H and O–H groups in total. The van der Waals surface area contributed by atoms with Gasteiger partial charge in [0.1, 0.15) is 19.3 Å². The summed E-state index contributed by atoms with van der Waals surface area (Å²) in [5.74, 6) is -1.91. The standard InChI is InChI=1S/C13H19N3O9/c14-12(20)23-6-8(7-24-13(15)21)22-5-1-2-11(19)25-16-9(17)3-4-10(16)18/h8H,1-7H2,(H2,14,20)(H2,15,21). The van der Waals surface area contributed by atoms with E-state index < -0.39 is 36.1 Å². The molecule has 0 atom stereocenters. The van der Waals surface area contributed by atoms with E-state index >= 15 is 0 Å². The Morgan fingerprint density at radius 2 is 1.52 bits per heavy atom. The van der Waals surface area contributed by atoms with Crippen molar-refractivity contribution < 1.29 is 43.0 Å². The van der Waals surface area contributed by atoms with Crippen molar-refractivity contribution in [3.05, 3.63) is 0 Å². The van der Waals surface area contributed by atoms with Gasteiger partial charge in [-0.2, -0.15) is 0 Å². The fraction of sp³-hybridized carbons (Fsp3) is 0.615. The molecule has 1 aliphatic rings. The van der Waals surface area contributed by atoms with Crippen LogP contribution in [0.15, 0.2) is 0 Å². The highest BCUT2D eigenvalue weighted by Gasteiger charge is 2.32. The molecule has 1 aliphatic heterocycles. The summed E-state index contributed by atoms with van der Waals surface area (Å²) in [5, 5.41) is 0.452. The van der Waals surface area contributed by atoms with Gasteiger partial charge in [-0.25, -0.2) is 14.4 Å². The van der Waals surface area contributed by atoms with Gasteiger partial charge in [-0.3, -0.25) is 9.59 Å². The van der Waals surface area contributed by atoms with Gasteiger partial charge in [-0.15, -0.1) is 5.06 Å². The summed E-state index contributed by atoms with van der Waals surface area (Å²) in [6.07, 6.45) is -2.81. The minimum atomic E-state index is -1.03. The van der Waals surface area contributed by atoms with Gasteiger partial charge < -0.3 is 30.5 Å². The number of ether oxygens (including phenoxy) is 3. The second kappa shape index (κ2) is 10.1. The highest BCUT2D eigenvalue weighted by Crippen LogP contribution is 2.13. The van der Waals surface area contributed by atoms with E-state index in [0.29, 0.717) is 5.06 Å². The maximum atomic E-state index is 11.6. The molecule has 4 amide bonds. The number of nitrogens with zero attached hydrogens (tertiary/aromatic N) is 1. The van der Waals surface area contributed by atoms with Crippen molar-refractivity contribution in [3.8, 4) is 0 Å². The second-order valence-corrected chi connectivity index (χ2v) is 4.90. The number of carbonyl (C=O) groups excluding carboxylic acids is 5. The average molecular weight is 361 g/mol. The number of hydrogen-bond donors (Lipinski definition) is 2. The third-order valence-electron chi connectivity index (χ3n) is 2.90. The van der Waals surface area contributed by atoms with Crippen LogP contribution in [0.25, 0.3) is 0 Å². The Hall–Kier alpha value is -2.89. The topological polar surface area (TPSA) is 178 Å². The van der Waals surface area contributed by atoms with Crippen molar-refractivity contribution in [2.24, 2.45) is 11.5 Å². The zero-order chi connectivity index (χ0) is 18.8. The fourth-order valence-electron chi connectivity index (χ4n) is 1.77. The van der Waals surface area contributed by atoms with Gasteiger partial charge in [0.25, 0.3) is 11.8 Å². The van der Waals surface area contributed by atoms with Crippen LogP contribution in [0, 0.1) is 0 Å². The molecule has 1 saturated heterocycles. The lowest BCUT2D eigenvalue weighted by atomic mass is 10.3. The first-order chi connectivity index (χ1) is 11.8. The lowest BCUT2D eigenvalue weighted by molar-refractivity contribution is -0.197. The highest BCUT2D eigenvalue weighted by molar-refractivity contribution is 6.01. The molecule has 0 aromatic carbocycles.